The van der Waals surface area contributed by atoms with Crippen LogP contribution in [0.1, 0.15) is 48.9 Å². The zero-order valence-electron chi connectivity index (χ0n) is 10.8. The van der Waals surface area contributed by atoms with Crippen LogP contribution in [0.3, 0.4) is 0 Å². The molecule has 0 heterocycles. The largest absolute Gasteiger partial charge is 0.478 e. The maximum absolute atomic E-state index is 11.7. The van der Waals surface area contributed by atoms with E-state index in [1.165, 1.54) is 37.8 Å². The average Bonchev–Trinajstić information content (AvgIpc) is 2.90. The maximum atomic E-state index is 11.7. The van der Waals surface area contributed by atoms with Crippen LogP contribution in [0.25, 0.3) is 0 Å². The monoisotopic (exact) mass is 262 g/mol. The summed E-state index contributed by atoms with van der Waals surface area (Å²) < 4.78 is 5.15. The van der Waals surface area contributed by atoms with Gasteiger partial charge >= 0.3 is 11.9 Å². The van der Waals surface area contributed by atoms with Gasteiger partial charge in [0.25, 0.3) is 0 Å². The molecule has 1 aliphatic carbocycles. The minimum atomic E-state index is -1.08. The molecule has 0 aliphatic heterocycles. The highest BCUT2D eigenvalue weighted by atomic mass is 16.5. The molecule has 0 amide bonds. The van der Waals surface area contributed by atoms with Crippen LogP contribution < -0.4 is 4.74 Å². The third-order valence-electron chi connectivity index (χ3n) is 3.57. The second-order valence-electron chi connectivity index (χ2n) is 4.96. The molecule has 4 nitrogen and oxygen atoms in total. The predicted octanol–water partition coefficient (Wildman–Crippen LogP) is 3.26. The number of aromatic carboxylic acids is 1. The summed E-state index contributed by atoms with van der Waals surface area (Å²) in [6.07, 6.45) is 6.09. The summed E-state index contributed by atoms with van der Waals surface area (Å²) in [6, 6.07) is 6.21. The number of hydrogen-bond acceptors (Lipinski definition) is 3. The van der Waals surface area contributed by atoms with E-state index in [4.69, 9.17) is 9.84 Å². The van der Waals surface area contributed by atoms with Crippen molar-refractivity contribution in [1.82, 2.24) is 0 Å². The first-order valence-corrected chi connectivity index (χ1v) is 6.70. The molecule has 102 valence electrons. The quantitative estimate of drug-likeness (QED) is 0.653. The molecule has 0 radical (unpaired) electrons. The molecule has 1 aliphatic rings. The topological polar surface area (TPSA) is 63.6 Å². The van der Waals surface area contributed by atoms with Gasteiger partial charge in [-0.3, -0.25) is 4.79 Å². The lowest BCUT2D eigenvalue weighted by Crippen LogP contribution is -2.12. The van der Waals surface area contributed by atoms with Gasteiger partial charge in [-0.2, -0.15) is 0 Å². The van der Waals surface area contributed by atoms with Crippen LogP contribution in [0.5, 0.6) is 5.75 Å². The fraction of sp³-hybridized carbons (Fsp3) is 0.467. The number of esters is 1. The number of carboxylic acids is 1. The van der Waals surface area contributed by atoms with Gasteiger partial charge in [-0.25, -0.2) is 4.79 Å². The average molecular weight is 262 g/mol. The van der Waals surface area contributed by atoms with Crippen molar-refractivity contribution in [3.05, 3.63) is 29.8 Å². The number of carboxylic acid groups (broad SMARTS) is 1. The third kappa shape index (κ3) is 3.81. The van der Waals surface area contributed by atoms with Crippen molar-refractivity contribution < 1.29 is 19.4 Å². The first kappa shape index (κ1) is 13.6. The maximum Gasteiger partial charge on any atom is 0.339 e. The Bertz CT molecular complexity index is 461. The van der Waals surface area contributed by atoms with Gasteiger partial charge in [-0.1, -0.05) is 37.8 Å². The van der Waals surface area contributed by atoms with Gasteiger partial charge in [-0.15, -0.1) is 0 Å². The van der Waals surface area contributed by atoms with Crippen molar-refractivity contribution in [2.24, 2.45) is 5.92 Å². The first-order chi connectivity index (χ1) is 9.16. The van der Waals surface area contributed by atoms with Crippen molar-refractivity contribution in [3.8, 4) is 5.75 Å². The summed E-state index contributed by atoms with van der Waals surface area (Å²) in [5.74, 6) is -0.673. The standard InChI is InChI=1S/C15H18O4/c16-14(10-9-11-5-1-2-6-11)19-13-8-4-3-7-12(13)15(17)18/h3-4,7-8,11H,1-2,5-6,9-10H2,(H,17,18). The number of benzene rings is 1. The molecule has 0 bridgehead atoms. The normalized spacial score (nSPS) is 15.4. The number of ether oxygens (including phenoxy) is 1. The van der Waals surface area contributed by atoms with Crippen molar-refractivity contribution in [1.29, 1.82) is 0 Å². The molecule has 0 unspecified atom stereocenters. The molecule has 1 aromatic carbocycles. The molecule has 2 rings (SSSR count). The van der Waals surface area contributed by atoms with E-state index in [9.17, 15) is 9.59 Å². The number of para-hydroxylation sites is 1. The van der Waals surface area contributed by atoms with Gasteiger partial charge in [0.1, 0.15) is 11.3 Å². The Morgan fingerprint density at radius 2 is 1.89 bits per heavy atom. The minimum absolute atomic E-state index is 0.0247. The van der Waals surface area contributed by atoms with E-state index in [0.717, 1.165) is 6.42 Å². The summed E-state index contributed by atoms with van der Waals surface area (Å²) in [7, 11) is 0. The Morgan fingerprint density at radius 1 is 1.21 bits per heavy atom. The highest BCUT2D eigenvalue weighted by molar-refractivity contribution is 5.91. The second-order valence-corrected chi connectivity index (χ2v) is 4.96. The van der Waals surface area contributed by atoms with E-state index < -0.39 is 5.97 Å². The number of hydrogen-bond donors (Lipinski definition) is 1. The second kappa shape index (κ2) is 6.36. The molecule has 1 N–H and O–H groups in total. The van der Waals surface area contributed by atoms with Crippen molar-refractivity contribution in [2.45, 2.75) is 38.5 Å². The third-order valence-corrected chi connectivity index (χ3v) is 3.57. The van der Waals surface area contributed by atoms with Gasteiger partial charge < -0.3 is 9.84 Å². The smallest absolute Gasteiger partial charge is 0.339 e. The van der Waals surface area contributed by atoms with E-state index in [-0.39, 0.29) is 17.3 Å². The van der Waals surface area contributed by atoms with Crippen LogP contribution in [0, 0.1) is 5.92 Å². The Morgan fingerprint density at radius 3 is 2.58 bits per heavy atom. The molecule has 0 aromatic heterocycles. The van der Waals surface area contributed by atoms with Gasteiger partial charge in [0.2, 0.25) is 0 Å². The fourth-order valence-electron chi connectivity index (χ4n) is 2.53. The van der Waals surface area contributed by atoms with Crippen molar-refractivity contribution in [2.75, 3.05) is 0 Å². The van der Waals surface area contributed by atoms with Crippen LogP contribution in [0.15, 0.2) is 24.3 Å². The summed E-state index contributed by atoms with van der Waals surface area (Å²) in [5, 5.41) is 8.99. The zero-order valence-corrected chi connectivity index (χ0v) is 10.8. The van der Waals surface area contributed by atoms with Crippen LogP contribution in [0.4, 0.5) is 0 Å². The van der Waals surface area contributed by atoms with Crippen LogP contribution >= 0.6 is 0 Å². The summed E-state index contributed by atoms with van der Waals surface area (Å²) in [5.41, 5.74) is 0.0247. The summed E-state index contributed by atoms with van der Waals surface area (Å²) in [6.45, 7) is 0. The van der Waals surface area contributed by atoms with Gasteiger partial charge in [0, 0.05) is 6.42 Å². The zero-order chi connectivity index (χ0) is 13.7. The summed E-state index contributed by atoms with van der Waals surface area (Å²) in [4.78, 5) is 22.7. The number of rotatable bonds is 5. The highest BCUT2D eigenvalue weighted by Crippen LogP contribution is 2.28. The molecule has 0 spiro atoms. The van der Waals surface area contributed by atoms with E-state index in [0.29, 0.717) is 12.3 Å². The molecule has 1 aromatic rings. The molecule has 0 saturated heterocycles. The highest BCUT2D eigenvalue weighted by Gasteiger charge is 2.18. The number of carbonyl (C=O) groups excluding carboxylic acids is 1. The van der Waals surface area contributed by atoms with Gasteiger partial charge in [-0.05, 0) is 24.5 Å². The Labute approximate surface area is 112 Å². The predicted molar refractivity (Wildman–Crippen MR) is 70.2 cm³/mol. The number of carbonyl (C=O) groups is 2. The van der Waals surface area contributed by atoms with Crippen LogP contribution in [0.2, 0.25) is 0 Å². The Balaban J connectivity index is 1.89. The van der Waals surface area contributed by atoms with Crippen molar-refractivity contribution in [3.63, 3.8) is 0 Å². The Hall–Kier alpha value is -1.84. The lowest BCUT2D eigenvalue weighted by atomic mass is 10.0. The molecule has 19 heavy (non-hydrogen) atoms. The van der Waals surface area contributed by atoms with Crippen molar-refractivity contribution >= 4 is 11.9 Å². The van der Waals surface area contributed by atoms with Crippen LogP contribution in [-0.4, -0.2) is 17.0 Å². The van der Waals surface area contributed by atoms with E-state index in [2.05, 4.69) is 0 Å². The minimum Gasteiger partial charge on any atom is -0.478 e. The van der Waals surface area contributed by atoms with E-state index in [1.807, 2.05) is 0 Å². The molecular formula is C15H18O4. The lowest BCUT2D eigenvalue weighted by molar-refractivity contribution is -0.134. The summed E-state index contributed by atoms with van der Waals surface area (Å²) >= 11 is 0. The lowest BCUT2D eigenvalue weighted by Gasteiger charge is -2.09. The van der Waals surface area contributed by atoms with Gasteiger partial charge in [0.05, 0.1) is 0 Å². The Kier molecular flexibility index (Phi) is 4.55. The molecule has 1 saturated carbocycles. The van der Waals surface area contributed by atoms with E-state index >= 15 is 0 Å². The first-order valence-electron chi connectivity index (χ1n) is 6.70. The molecule has 4 heteroatoms. The van der Waals surface area contributed by atoms with E-state index in [1.54, 1.807) is 12.1 Å². The molecular weight excluding hydrogens is 244 g/mol. The van der Waals surface area contributed by atoms with Crippen LogP contribution in [-0.2, 0) is 4.79 Å². The molecule has 1 fully saturated rings. The fourth-order valence-corrected chi connectivity index (χ4v) is 2.53. The SMILES string of the molecule is O=C(CCC1CCCC1)Oc1ccccc1C(=O)O. The molecule has 0 atom stereocenters. The van der Waals surface area contributed by atoms with Gasteiger partial charge in [0.15, 0.2) is 0 Å².